The van der Waals surface area contributed by atoms with Gasteiger partial charge in [0.2, 0.25) is 5.76 Å². The molecule has 3 aromatic rings. The maximum atomic E-state index is 13.4. The van der Waals surface area contributed by atoms with Gasteiger partial charge < -0.3 is 19.2 Å². The second kappa shape index (κ2) is 7.54. The van der Waals surface area contributed by atoms with Crippen LogP contribution in [0.3, 0.4) is 0 Å². The molecule has 0 fully saturated rings. The SMILES string of the molecule is COc1ccc(C2c3c(oc4cc(C)c(Cl)cc4c3=O)C(=O)N2CCCO)cc1. The van der Waals surface area contributed by atoms with Crippen molar-refractivity contribution in [1.82, 2.24) is 4.90 Å². The molecule has 1 atom stereocenters. The van der Waals surface area contributed by atoms with Crippen LogP contribution in [0.2, 0.25) is 5.02 Å². The maximum absolute atomic E-state index is 13.4. The van der Waals surface area contributed by atoms with Crippen LogP contribution >= 0.6 is 11.6 Å². The fourth-order valence-corrected chi connectivity index (χ4v) is 3.91. The third-order valence-electron chi connectivity index (χ3n) is 5.24. The average Bonchev–Trinajstić information content (AvgIpc) is 3.00. The van der Waals surface area contributed by atoms with E-state index in [4.69, 9.17) is 20.8 Å². The first-order valence-corrected chi connectivity index (χ1v) is 9.66. The number of aliphatic hydroxyl groups is 1. The van der Waals surface area contributed by atoms with E-state index in [1.54, 1.807) is 36.3 Å². The fourth-order valence-electron chi connectivity index (χ4n) is 3.75. The summed E-state index contributed by atoms with van der Waals surface area (Å²) in [6.45, 7) is 2.05. The fraction of sp³-hybridized carbons (Fsp3) is 0.273. The highest BCUT2D eigenvalue weighted by molar-refractivity contribution is 6.32. The van der Waals surface area contributed by atoms with Crippen molar-refractivity contribution in [2.24, 2.45) is 0 Å². The standard InChI is InChI=1S/C22H20ClNO5/c1-12-10-17-15(11-16(12)23)20(26)18-19(13-4-6-14(28-2)7-5-13)24(8-3-9-25)22(27)21(18)29-17/h4-7,10-11,19,25H,3,8-9H2,1-2H3. The Bertz CT molecular complexity index is 1150. The molecule has 6 nitrogen and oxygen atoms in total. The number of carbonyl (C=O) groups excluding carboxylic acids is 1. The first kappa shape index (κ1) is 19.5. The van der Waals surface area contributed by atoms with Crippen molar-refractivity contribution in [2.45, 2.75) is 19.4 Å². The van der Waals surface area contributed by atoms with Crippen LogP contribution in [0.5, 0.6) is 5.75 Å². The van der Waals surface area contributed by atoms with Crippen LogP contribution in [-0.4, -0.2) is 36.2 Å². The molecule has 2 heterocycles. The Morgan fingerprint density at radius 3 is 2.59 bits per heavy atom. The van der Waals surface area contributed by atoms with Crippen LogP contribution in [-0.2, 0) is 0 Å². The van der Waals surface area contributed by atoms with Crippen molar-refractivity contribution < 1.29 is 19.1 Å². The van der Waals surface area contributed by atoms with Gasteiger partial charge in [-0.15, -0.1) is 0 Å². The van der Waals surface area contributed by atoms with Crippen molar-refractivity contribution in [3.05, 3.63) is 74.1 Å². The minimum absolute atomic E-state index is 0.0444. The smallest absolute Gasteiger partial charge is 0.290 e. The van der Waals surface area contributed by atoms with E-state index in [9.17, 15) is 14.7 Å². The summed E-state index contributed by atoms with van der Waals surface area (Å²) in [7, 11) is 1.57. The highest BCUT2D eigenvalue weighted by Crippen LogP contribution is 2.39. The Hall–Kier alpha value is -2.83. The zero-order valence-corrected chi connectivity index (χ0v) is 16.8. The summed E-state index contributed by atoms with van der Waals surface area (Å²) in [5.41, 5.74) is 1.88. The number of hydrogen-bond donors (Lipinski definition) is 1. The first-order valence-electron chi connectivity index (χ1n) is 9.29. The Kier molecular flexibility index (Phi) is 5.06. The topological polar surface area (TPSA) is 80.0 Å². The Morgan fingerprint density at radius 2 is 1.93 bits per heavy atom. The van der Waals surface area contributed by atoms with Gasteiger partial charge in [0.25, 0.3) is 5.91 Å². The summed E-state index contributed by atoms with van der Waals surface area (Å²) in [6.07, 6.45) is 0.394. The Morgan fingerprint density at radius 1 is 1.21 bits per heavy atom. The van der Waals surface area contributed by atoms with E-state index < -0.39 is 6.04 Å². The molecular formula is C22H20ClNO5. The molecule has 0 saturated carbocycles. The lowest BCUT2D eigenvalue weighted by molar-refractivity contribution is 0.0716. The van der Waals surface area contributed by atoms with Crippen molar-refractivity contribution in [3.63, 3.8) is 0 Å². The van der Waals surface area contributed by atoms with Crippen molar-refractivity contribution in [1.29, 1.82) is 0 Å². The molecule has 2 aromatic carbocycles. The molecule has 0 radical (unpaired) electrons. The minimum atomic E-state index is -0.601. The quantitative estimate of drug-likeness (QED) is 0.690. The first-order chi connectivity index (χ1) is 14.0. The van der Waals surface area contributed by atoms with E-state index in [0.29, 0.717) is 40.3 Å². The van der Waals surface area contributed by atoms with Crippen LogP contribution in [0.1, 0.15) is 39.7 Å². The monoisotopic (exact) mass is 413 g/mol. The molecule has 0 bridgehead atoms. The molecule has 1 unspecified atom stereocenters. The lowest BCUT2D eigenvalue weighted by Crippen LogP contribution is -2.31. The predicted octanol–water partition coefficient (Wildman–Crippen LogP) is 3.69. The van der Waals surface area contributed by atoms with Crippen molar-refractivity contribution in [2.75, 3.05) is 20.3 Å². The number of methoxy groups -OCH3 is 1. The number of amides is 1. The average molecular weight is 414 g/mol. The number of halogens is 1. The van der Waals surface area contributed by atoms with Crippen LogP contribution in [0.15, 0.2) is 45.6 Å². The Balaban J connectivity index is 1.95. The number of carbonyl (C=O) groups is 1. The van der Waals surface area contributed by atoms with Gasteiger partial charge in [-0.25, -0.2) is 0 Å². The summed E-state index contributed by atoms with van der Waals surface area (Å²) in [4.78, 5) is 28.1. The number of benzene rings is 2. The number of hydrogen-bond acceptors (Lipinski definition) is 5. The van der Waals surface area contributed by atoms with Gasteiger partial charge in [-0.05, 0) is 48.7 Å². The summed E-state index contributed by atoms with van der Waals surface area (Å²) in [5.74, 6) is 0.358. The molecule has 1 amide bonds. The highest BCUT2D eigenvalue weighted by atomic mass is 35.5. The van der Waals surface area contributed by atoms with Crippen LogP contribution in [0, 0.1) is 6.92 Å². The molecule has 0 aliphatic carbocycles. The second-order valence-electron chi connectivity index (χ2n) is 7.02. The van der Waals surface area contributed by atoms with Gasteiger partial charge in [-0.3, -0.25) is 9.59 Å². The molecule has 0 spiro atoms. The summed E-state index contributed by atoms with van der Waals surface area (Å²) >= 11 is 6.22. The van der Waals surface area contributed by atoms with Gasteiger partial charge >= 0.3 is 0 Å². The number of fused-ring (bicyclic) bond motifs is 2. The molecule has 1 aliphatic heterocycles. The van der Waals surface area contributed by atoms with Gasteiger partial charge in [0.15, 0.2) is 5.43 Å². The van der Waals surface area contributed by atoms with Crippen LogP contribution in [0.4, 0.5) is 0 Å². The number of aliphatic hydroxyl groups excluding tert-OH is 1. The van der Waals surface area contributed by atoms with Gasteiger partial charge in [0.1, 0.15) is 11.3 Å². The highest BCUT2D eigenvalue weighted by Gasteiger charge is 2.42. The largest absolute Gasteiger partial charge is 0.497 e. The summed E-state index contributed by atoms with van der Waals surface area (Å²) in [6, 6.07) is 9.87. The lowest BCUT2D eigenvalue weighted by Gasteiger charge is -2.25. The molecule has 4 rings (SSSR count). The lowest BCUT2D eigenvalue weighted by atomic mass is 9.98. The Labute approximate surface area is 172 Å². The van der Waals surface area contributed by atoms with E-state index in [-0.39, 0.29) is 23.7 Å². The van der Waals surface area contributed by atoms with E-state index in [2.05, 4.69) is 0 Å². The maximum Gasteiger partial charge on any atom is 0.290 e. The zero-order valence-electron chi connectivity index (χ0n) is 16.1. The molecule has 0 saturated heterocycles. The summed E-state index contributed by atoms with van der Waals surface area (Å²) < 4.78 is 11.1. The molecule has 150 valence electrons. The van der Waals surface area contributed by atoms with Crippen molar-refractivity contribution in [3.8, 4) is 5.75 Å². The number of rotatable bonds is 5. The van der Waals surface area contributed by atoms with E-state index in [1.165, 1.54) is 0 Å². The number of aryl methyl sites for hydroxylation is 1. The molecule has 1 N–H and O–H groups in total. The minimum Gasteiger partial charge on any atom is -0.497 e. The molecule has 29 heavy (non-hydrogen) atoms. The zero-order chi connectivity index (χ0) is 20.7. The van der Waals surface area contributed by atoms with Gasteiger partial charge in [-0.1, -0.05) is 23.7 Å². The van der Waals surface area contributed by atoms with Crippen LogP contribution < -0.4 is 10.2 Å². The van der Waals surface area contributed by atoms with E-state index in [1.807, 2.05) is 19.1 Å². The normalized spacial score (nSPS) is 15.8. The molecule has 1 aliphatic rings. The van der Waals surface area contributed by atoms with Gasteiger partial charge in [0, 0.05) is 18.2 Å². The van der Waals surface area contributed by atoms with Crippen LogP contribution in [0.25, 0.3) is 11.0 Å². The van der Waals surface area contributed by atoms with E-state index >= 15 is 0 Å². The van der Waals surface area contributed by atoms with Gasteiger partial charge in [-0.2, -0.15) is 0 Å². The van der Waals surface area contributed by atoms with Gasteiger partial charge in [0.05, 0.1) is 24.1 Å². The third kappa shape index (κ3) is 3.18. The predicted molar refractivity (Wildman–Crippen MR) is 110 cm³/mol. The van der Waals surface area contributed by atoms with E-state index in [0.717, 1.165) is 11.1 Å². The molecular weight excluding hydrogens is 394 g/mol. The number of nitrogens with zero attached hydrogens (tertiary/aromatic N) is 1. The molecule has 7 heteroatoms. The summed E-state index contributed by atoms with van der Waals surface area (Å²) in [5, 5.41) is 10.1. The van der Waals surface area contributed by atoms with Crippen molar-refractivity contribution >= 4 is 28.5 Å². The molecule has 1 aromatic heterocycles. The third-order valence-corrected chi connectivity index (χ3v) is 5.64. The number of ether oxygens (including phenoxy) is 1. The second-order valence-corrected chi connectivity index (χ2v) is 7.43.